The van der Waals surface area contributed by atoms with Crippen molar-refractivity contribution in [1.82, 2.24) is 14.8 Å². The molecule has 1 aliphatic carbocycles. The Morgan fingerprint density at radius 2 is 2.15 bits per heavy atom. The lowest BCUT2D eigenvalue weighted by molar-refractivity contribution is 0.350. The van der Waals surface area contributed by atoms with Crippen LogP contribution in [0, 0.1) is 11.7 Å². The Balaban J connectivity index is 1.75. The molecule has 5 nitrogen and oxygen atoms in total. The molecule has 0 amide bonds. The van der Waals surface area contributed by atoms with Crippen molar-refractivity contribution in [2.24, 2.45) is 10.3 Å². The van der Waals surface area contributed by atoms with E-state index in [9.17, 15) is 8.60 Å². The molecule has 0 saturated heterocycles. The van der Waals surface area contributed by atoms with Crippen molar-refractivity contribution < 1.29 is 8.60 Å². The number of hydrogen-bond donors (Lipinski definition) is 0. The monoisotopic (exact) mass is 372 g/mol. The molecule has 2 heterocycles. The lowest BCUT2D eigenvalue weighted by Gasteiger charge is -2.26. The van der Waals surface area contributed by atoms with E-state index in [-0.39, 0.29) is 0 Å². The third-order valence-electron chi connectivity index (χ3n) is 4.82. The summed E-state index contributed by atoms with van der Waals surface area (Å²) in [7, 11) is -2.42. The van der Waals surface area contributed by atoms with E-state index in [0.29, 0.717) is 23.9 Å². The van der Waals surface area contributed by atoms with Gasteiger partial charge in [0.2, 0.25) is 0 Å². The van der Waals surface area contributed by atoms with Gasteiger partial charge in [0, 0.05) is 34.8 Å². The number of nitrogens with zero attached hydrogens (tertiary/aromatic N) is 4. The number of aromatic nitrogens is 3. The molecule has 26 heavy (non-hydrogen) atoms. The Hall–Kier alpha value is -2.28. The van der Waals surface area contributed by atoms with Crippen LogP contribution in [0.1, 0.15) is 26.2 Å². The minimum atomic E-state index is -2.42. The van der Waals surface area contributed by atoms with E-state index in [2.05, 4.69) is 14.4 Å². The summed E-state index contributed by atoms with van der Waals surface area (Å²) < 4.78 is 33.0. The quantitative estimate of drug-likeness (QED) is 0.674. The minimum absolute atomic E-state index is 0.409. The second-order valence-electron chi connectivity index (χ2n) is 6.71. The van der Waals surface area contributed by atoms with Gasteiger partial charge in [0.25, 0.3) is 0 Å². The summed E-state index contributed by atoms with van der Waals surface area (Å²) in [5.41, 5.74) is 1.32. The van der Waals surface area contributed by atoms with Crippen molar-refractivity contribution in [3.8, 4) is 5.69 Å². The average molecular weight is 372 g/mol. The number of hydrogen-bond acceptors (Lipinski definition) is 4. The van der Waals surface area contributed by atoms with Gasteiger partial charge in [0.15, 0.2) is 0 Å². The molecular weight excluding hydrogens is 351 g/mol. The topological polar surface area (TPSA) is 60.1 Å². The van der Waals surface area contributed by atoms with Crippen molar-refractivity contribution in [2.45, 2.75) is 31.1 Å². The first-order chi connectivity index (χ1) is 12.6. The standard InChI is InChI=1S/C19H21FN4OS/c1-2-22-26(25,13-14-4-3-5-14)18-6-7-19-15(8-18)12-24(23-19)17-9-16(20)10-21-11-17/h6-12,14H,2-5,13H2,1H3. The van der Waals surface area contributed by atoms with E-state index in [1.54, 1.807) is 10.9 Å². The summed E-state index contributed by atoms with van der Waals surface area (Å²) in [6.45, 7) is 2.46. The largest absolute Gasteiger partial charge is 0.259 e. The fraction of sp³-hybridized carbons (Fsp3) is 0.368. The molecule has 0 N–H and O–H groups in total. The molecule has 1 fully saturated rings. The molecule has 1 saturated carbocycles. The van der Waals surface area contributed by atoms with Crippen LogP contribution in [-0.2, 0) is 9.73 Å². The van der Waals surface area contributed by atoms with Crippen LogP contribution in [0.25, 0.3) is 16.6 Å². The number of pyridine rings is 1. The van der Waals surface area contributed by atoms with E-state index in [4.69, 9.17) is 0 Å². The predicted molar refractivity (Wildman–Crippen MR) is 100 cm³/mol. The maximum Gasteiger partial charge on any atom is 0.143 e. The van der Waals surface area contributed by atoms with Crippen molar-refractivity contribution in [3.63, 3.8) is 0 Å². The fourth-order valence-electron chi connectivity index (χ4n) is 3.27. The van der Waals surface area contributed by atoms with Crippen molar-refractivity contribution in [2.75, 3.05) is 12.3 Å². The molecule has 0 spiro atoms. The summed E-state index contributed by atoms with van der Waals surface area (Å²) in [5.74, 6) is 0.733. The van der Waals surface area contributed by atoms with E-state index < -0.39 is 15.5 Å². The van der Waals surface area contributed by atoms with Gasteiger partial charge in [-0.05, 0) is 43.9 Å². The molecule has 136 valence electrons. The maximum absolute atomic E-state index is 13.5. The van der Waals surface area contributed by atoms with Crippen LogP contribution < -0.4 is 0 Å². The molecule has 1 unspecified atom stereocenters. The Morgan fingerprint density at radius 1 is 1.31 bits per heavy atom. The van der Waals surface area contributed by atoms with Crippen LogP contribution in [0.4, 0.5) is 4.39 Å². The summed E-state index contributed by atoms with van der Waals surface area (Å²) in [6.07, 6.45) is 8.03. The molecule has 1 atom stereocenters. The number of fused-ring (bicyclic) bond motifs is 1. The zero-order valence-electron chi connectivity index (χ0n) is 14.6. The second-order valence-corrected chi connectivity index (χ2v) is 9.05. The van der Waals surface area contributed by atoms with Crippen LogP contribution in [-0.4, -0.2) is 31.3 Å². The highest BCUT2D eigenvalue weighted by atomic mass is 32.2. The van der Waals surface area contributed by atoms with Crippen LogP contribution in [0.15, 0.2) is 52.1 Å². The lowest BCUT2D eigenvalue weighted by atomic mass is 9.87. The maximum atomic E-state index is 13.5. The van der Waals surface area contributed by atoms with Gasteiger partial charge in [-0.25, -0.2) is 17.6 Å². The van der Waals surface area contributed by atoms with Gasteiger partial charge in [-0.2, -0.15) is 5.10 Å². The molecule has 1 aliphatic rings. The third kappa shape index (κ3) is 3.23. The first kappa shape index (κ1) is 17.1. The number of rotatable bonds is 5. The van der Waals surface area contributed by atoms with E-state index in [0.717, 1.165) is 34.8 Å². The third-order valence-corrected chi connectivity index (χ3v) is 7.41. The lowest BCUT2D eigenvalue weighted by Crippen LogP contribution is -2.22. The molecule has 0 aliphatic heterocycles. The second kappa shape index (κ2) is 6.79. The van der Waals surface area contributed by atoms with Gasteiger partial charge in [0.05, 0.1) is 33.3 Å². The highest BCUT2D eigenvalue weighted by Crippen LogP contribution is 2.31. The molecule has 4 rings (SSSR count). The van der Waals surface area contributed by atoms with Crippen LogP contribution in [0.2, 0.25) is 0 Å². The first-order valence-corrected chi connectivity index (χ1v) is 10.6. The Labute approximate surface area is 152 Å². The zero-order chi connectivity index (χ0) is 18.1. The van der Waals surface area contributed by atoms with Gasteiger partial charge in [0.1, 0.15) is 5.82 Å². The SMILES string of the molecule is CCN=S(=O)(CC1CCC1)c1ccc2nn(-c3cncc(F)c3)cc2c1. The van der Waals surface area contributed by atoms with Gasteiger partial charge >= 0.3 is 0 Å². The van der Waals surface area contributed by atoms with Gasteiger partial charge in [-0.15, -0.1) is 0 Å². The minimum Gasteiger partial charge on any atom is -0.259 e. The summed E-state index contributed by atoms with van der Waals surface area (Å²) in [4.78, 5) is 4.62. The smallest absolute Gasteiger partial charge is 0.143 e. The van der Waals surface area contributed by atoms with Crippen molar-refractivity contribution >= 4 is 20.6 Å². The molecule has 1 aromatic carbocycles. The van der Waals surface area contributed by atoms with E-state index in [1.807, 2.05) is 31.3 Å². The molecule has 0 bridgehead atoms. The van der Waals surface area contributed by atoms with Crippen LogP contribution >= 0.6 is 0 Å². The van der Waals surface area contributed by atoms with Gasteiger partial charge in [-0.3, -0.25) is 4.98 Å². The zero-order valence-corrected chi connectivity index (χ0v) is 15.5. The Morgan fingerprint density at radius 3 is 2.85 bits per heavy atom. The van der Waals surface area contributed by atoms with E-state index >= 15 is 0 Å². The summed E-state index contributed by atoms with van der Waals surface area (Å²) in [5, 5.41) is 5.33. The molecule has 0 radical (unpaired) electrons. The fourth-order valence-corrected chi connectivity index (χ4v) is 5.70. The van der Waals surface area contributed by atoms with Crippen LogP contribution in [0.5, 0.6) is 0 Å². The first-order valence-electron chi connectivity index (χ1n) is 8.88. The van der Waals surface area contributed by atoms with Crippen molar-refractivity contribution in [3.05, 3.63) is 48.7 Å². The van der Waals surface area contributed by atoms with Crippen molar-refractivity contribution in [1.29, 1.82) is 0 Å². The predicted octanol–water partition coefficient (Wildman–Crippen LogP) is 4.21. The molecule has 2 aromatic heterocycles. The van der Waals surface area contributed by atoms with Gasteiger partial charge in [-0.1, -0.05) is 6.42 Å². The Bertz CT molecular complexity index is 1060. The van der Waals surface area contributed by atoms with Crippen LogP contribution in [0.3, 0.4) is 0 Å². The van der Waals surface area contributed by atoms with E-state index in [1.165, 1.54) is 12.5 Å². The number of benzene rings is 1. The summed E-state index contributed by atoms with van der Waals surface area (Å²) >= 11 is 0. The molecule has 3 aromatic rings. The highest BCUT2D eigenvalue weighted by Gasteiger charge is 2.25. The summed E-state index contributed by atoms with van der Waals surface area (Å²) in [6, 6.07) is 7.01. The molecular formula is C19H21FN4OS. The number of halogens is 1. The highest BCUT2D eigenvalue weighted by molar-refractivity contribution is 7.93. The molecule has 7 heteroatoms. The normalized spacial score (nSPS) is 17.0. The average Bonchev–Trinajstić information content (AvgIpc) is 3.02. The van der Waals surface area contributed by atoms with Gasteiger partial charge < -0.3 is 0 Å². The Kier molecular flexibility index (Phi) is 4.48.